The first-order valence-electron chi connectivity index (χ1n) is 4.50. The average molecular weight is 258 g/mol. The summed E-state index contributed by atoms with van der Waals surface area (Å²) in [7, 11) is 0. The van der Waals surface area contributed by atoms with Gasteiger partial charge in [0.1, 0.15) is 0 Å². The van der Waals surface area contributed by atoms with Gasteiger partial charge in [-0.25, -0.2) is 0 Å². The van der Waals surface area contributed by atoms with E-state index in [1.165, 1.54) is 0 Å². The van der Waals surface area contributed by atoms with E-state index < -0.39 is 30.4 Å². The van der Waals surface area contributed by atoms with Crippen LogP contribution in [0, 0.1) is 0 Å². The normalized spacial score (nSPS) is 14.8. The van der Waals surface area contributed by atoms with Gasteiger partial charge in [-0.15, -0.1) is 0 Å². The molecule has 0 aliphatic carbocycles. The summed E-state index contributed by atoms with van der Waals surface area (Å²) in [5.74, 6) is 0. The van der Waals surface area contributed by atoms with Crippen LogP contribution < -0.4 is 0 Å². The second kappa shape index (κ2) is 4.56. The van der Waals surface area contributed by atoms with E-state index in [1.54, 1.807) is 0 Å². The summed E-state index contributed by atoms with van der Waals surface area (Å²) in [6.07, 6.45) is -13.1. The Morgan fingerprint density at radius 3 is 1.76 bits per heavy atom. The van der Waals surface area contributed by atoms with E-state index in [-0.39, 0.29) is 5.56 Å². The van der Waals surface area contributed by atoms with E-state index in [1.807, 2.05) is 0 Å². The van der Waals surface area contributed by atoms with Crippen LogP contribution in [0.15, 0.2) is 24.3 Å². The lowest BCUT2D eigenvalue weighted by molar-refractivity contribution is -0.206. The van der Waals surface area contributed by atoms with Gasteiger partial charge in [0.25, 0.3) is 0 Å². The maximum absolute atomic E-state index is 12.1. The summed E-state index contributed by atoms with van der Waals surface area (Å²) in [6.45, 7) is 0. The van der Waals surface area contributed by atoms with Crippen LogP contribution in [0.3, 0.4) is 0 Å². The Kier molecular flexibility index (Phi) is 3.71. The summed E-state index contributed by atoms with van der Waals surface area (Å²) < 4.78 is 72.1. The van der Waals surface area contributed by atoms with Gasteiger partial charge in [0, 0.05) is 0 Å². The summed E-state index contributed by atoms with van der Waals surface area (Å²) >= 11 is 0. The average Bonchev–Trinajstić information content (AvgIpc) is 2.14. The Bertz CT molecular complexity index is 364. The van der Waals surface area contributed by atoms with Crippen molar-refractivity contribution in [3.05, 3.63) is 35.4 Å². The van der Waals surface area contributed by atoms with Crippen LogP contribution in [0.5, 0.6) is 0 Å². The standard InChI is InChI=1S/C10H8F6O/c11-9(12,13)5-6-1-3-7(4-2-6)8(17)10(14,15)16/h1-4,8,17H,5H2. The third-order valence-corrected chi connectivity index (χ3v) is 2.01. The molecule has 1 aromatic rings. The Labute approximate surface area is 92.7 Å². The van der Waals surface area contributed by atoms with Crippen molar-refractivity contribution < 1.29 is 31.4 Å². The molecule has 17 heavy (non-hydrogen) atoms. The van der Waals surface area contributed by atoms with Crippen LogP contribution in [-0.4, -0.2) is 17.5 Å². The number of rotatable bonds is 2. The monoisotopic (exact) mass is 258 g/mol. The van der Waals surface area contributed by atoms with Crippen molar-refractivity contribution in [1.29, 1.82) is 0 Å². The molecule has 0 saturated carbocycles. The largest absolute Gasteiger partial charge is 0.418 e. The molecule has 1 atom stereocenters. The van der Waals surface area contributed by atoms with E-state index in [9.17, 15) is 26.3 Å². The number of hydrogen-bond donors (Lipinski definition) is 1. The van der Waals surface area contributed by atoms with E-state index in [0.717, 1.165) is 24.3 Å². The highest BCUT2D eigenvalue weighted by Crippen LogP contribution is 2.32. The SMILES string of the molecule is OC(c1ccc(CC(F)(F)F)cc1)C(F)(F)F. The predicted octanol–water partition coefficient (Wildman–Crippen LogP) is 3.39. The van der Waals surface area contributed by atoms with Crippen molar-refractivity contribution in [3.8, 4) is 0 Å². The fraction of sp³-hybridized carbons (Fsp3) is 0.400. The lowest BCUT2D eigenvalue weighted by atomic mass is 10.0. The third-order valence-electron chi connectivity index (χ3n) is 2.01. The van der Waals surface area contributed by atoms with E-state index in [4.69, 9.17) is 5.11 Å². The molecule has 0 aromatic heterocycles. The van der Waals surface area contributed by atoms with Crippen LogP contribution in [0.2, 0.25) is 0 Å². The molecule has 0 spiro atoms. The molecule has 0 radical (unpaired) electrons. The fourth-order valence-corrected chi connectivity index (χ4v) is 1.24. The van der Waals surface area contributed by atoms with Gasteiger partial charge in [0.2, 0.25) is 0 Å². The van der Waals surface area contributed by atoms with Crippen LogP contribution >= 0.6 is 0 Å². The number of aliphatic hydroxyl groups is 1. The Morgan fingerprint density at radius 2 is 1.41 bits per heavy atom. The first-order valence-corrected chi connectivity index (χ1v) is 4.50. The van der Waals surface area contributed by atoms with Crippen molar-refractivity contribution in [2.45, 2.75) is 24.9 Å². The molecule has 7 heteroatoms. The van der Waals surface area contributed by atoms with Gasteiger partial charge in [-0.1, -0.05) is 24.3 Å². The van der Waals surface area contributed by atoms with Crippen molar-refractivity contribution in [2.24, 2.45) is 0 Å². The third kappa shape index (κ3) is 4.26. The first kappa shape index (κ1) is 13.8. The molecule has 0 amide bonds. The van der Waals surface area contributed by atoms with Gasteiger partial charge in [-0.05, 0) is 11.1 Å². The summed E-state index contributed by atoms with van der Waals surface area (Å²) in [5, 5.41) is 8.83. The number of aliphatic hydroxyl groups excluding tert-OH is 1. The molecule has 1 unspecified atom stereocenters. The maximum Gasteiger partial charge on any atom is 0.418 e. The molecule has 0 heterocycles. The predicted molar refractivity (Wildman–Crippen MR) is 47.2 cm³/mol. The Hall–Kier alpha value is -1.24. The zero-order valence-corrected chi connectivity index (χ0v) is 8.31. The summed E-state index contributed by atoms with van der Waals surface area (Å²) in [5.41, 5.74) is -0.640. The lowest BCUT2D eigenvalue weighted by Crippen LogP contribution is -2.20. The number of benzene rings is 1. The summed E-state index contributed by atoms with van der Waals surface area (Å²) in [6, 6.07) is 3.49. The van der Waals surface area contributed by atoms with E-state index in [0.29, 0.717) is 0 Å². The Morgan fingerprint density at radius 1 is 0.941 bits per heavy atom. The molecule has 1 nitrogen and oxygen atoms in total. The highest BCUT2D eigenvalue weighted by molar-refractivity contribution is 5.25. The topological polar surface area (TPSA) is 20.2 Å². The van der Waals surface area contributed by atoms with Gasteiger partial charge < -0.3 is 5.11 Å². The quantitative estimate of drug-likeness (QED) is 0.806. The highest BCUT2D eigenvalue weighted by atomic mass is 19.4. The summed E-state index contributed by atoms with van der Waals surface area (Å²) in [4.78, 5) is 0. The zero-order chi connectivity index (χ0) is 13.3. The van der Waals surface area contributed by atoms with Crippen molar-refractivity contribution >= 4 is 0 Å². The second-order valence-corrected chi connectivity index (χ2v) is 3.48. The fourth-order valence-electron chi connectivity index (χ4n) is 1.24. The molecular formula is C10H8F6O. The van der Waals surface area contributed by atoms with Crippen LogP contribution in [0.1, 0.15) is 17.2 Å². The van der Waals surface area contributed by atoms with Gasteiger partial charge >= 0.3 is 12.4 Å². The van der Waals surface area contributed by atoms with Gasteiger partial charge in [0.15, 0.2) is 6.10 Å². The Balaban J connectivity index is 2.82. The minimum atomic E-state index is -4.83. The first-order chi connectivity index (χ1) is 7.59. The lowest BCUT2D eigenvalue weighted by Gasteiger charge is -2.15. The number of hydrogen-bond acceptors (Lipinski definition) is 1. The molecule has 0 aliphatic rings. The number of halogens is 6. The molecule has 0 fully saturated rings. The number of alkyl halides is 6. The van der Waals surface area contributed by atoms with E-state index >= 15 is 0 Å². The van der Waals surface area contributed by atoms with Crippen molar-refractivity contribution in [1.82, 2.24) is 0 Å². The maximum atomic E-state index is 12.1. The van der Waals surface area contributed by atoms with Crippen LogP contribution in [-0.2, 0) is 6.42 Å². The second-order valence-electron chi connectivity index (χ2n) is 3.48. The van der Waals surface area contributed by atoms with Gasteiger partial charge in [-0.2, -0.15) is 26.3 Å². The van der Waals surface area contributed by atoms with Crippen LogP contribution in [0.25, 0.3) is 0 Å². The van der Waals surface area contributed by atoms with Gasteiger partial charge in [-0.3, -0.25) is 0 Å². The molecule has 1 rings (SSSR count). The van der Waals surface area contributed by atoms with Crippen molar-refractivity contribution in [2.75, 3.05) is 0 Å². The minimum Gasteiger partial charge on any atom is -0.379 e. The molecule has 0 aliphatic heterocycles. The minimum absolute atomic E-state index is 0.157. The van der Waals surface area contributed by atoms with E-state index in [2.05, 4.69) is 0 Å². The highest BCUT2D eigenvalue weighted by Gasteiger charge is 2.39. The van der Waals surface area contributed by atoms with Crippen molar-refractivity contribution in [3.63, 3.8) is 0 Å². The molecule has 0 saturated heterocycles. The molecular weight excluding hydrogens is 250 g/mol. The molecule has 1 aromatic carbocycles. The molecule has 0 bridgehead atoms. The smallest absolute Gasteiger partial charge is 0.379 e. The van der Waals surface area contributed by atoms with Crippen LogP contribution in [0.4, 0.5) is 26.3 Å². The molecule has 1 N–H and O–H groups in total. The molecule has 96 valence electrons. The van der Waals surface area contributed by atoms with Gasteiger partial charge in [0.05, 0.1) is 6.42 Å². The zero-order valence-electron chi connectivity index (χ0n) is 8.31.